The molecular weight excluding hydrogens is 296 g/mol. The number of aromatic nitrogens is 1. The smallest absolute Gasteiger partial charge is 0.305 e. The molecule has 0 amide bonds. The Kier molecular flexibility index (Phi) is 5.19. The van der Waals surface area contributed by atoms with Crippen molar-refractivity contribution in [1.82, 2.24) is 4.98 Å². The number of hydrogen-bond donors (Lipinski definition) is 1. The largest absolute Gasteiger partial charge is 0.481 e. The molecular formula is C17H22N2O2S. The molecule has 0 saturated heterocycles. The molecule has 0 aliphatic rings. The molecule has 22 heavy (non-hydrogen) atoms. The summed E-state index contributed by atoms with van der Waals surface area (Å²) in [6.07, 6.45) is 0.122. The topological polar surface area (TPSA) is 53.4 Å². The molecule has 0 spiro atoms. The second-order valence-electron chi connectivity index (χ2n) is 5.75. The van der Waals surface area contributed by atoms with Gasteiger partial charge in [-0.1, -0.05) is 12.1 Å². The summed E-state index contributed by atoms with van der Waals surface area (Å²) in [6, 6.07) is 6.55. The lowest BCUT2D eigenvalue weighted by Gasteiger charge is -2.25. The Morgan fingerprint density at radius 1 is 1.32 bits per heavy atom. The highest BCUT2D eigenvalue weighted by molar-refractivity contribution is 7.14. The number of nitrogens with zero attached hydrogens (tertiary/aromatic N) is 2. The average Bonchev–Trinajstić information content (AvgIpc) is 2.91. The molecule has 0 aliphatic carbocycles. The molecule has 1 N–H and O–H groups in total. The van der Waals surface area contributed by atoms with Crippen molar-refractivity contribution in [2.75, 3.05) is 11.4 Å². The highest BCUT2D eigenvalue weighted by Crippen LogP contribution is 2.29. The summed E-state index contributed by atoms with van der Waals surface area (Å²) in [6.45, 7) is 8.78. The fourth-order valence-electron chi connectivity index (χ4n) is 2.22. The molecule has 0 radical (unpaired) electrons. The summed E-state index contributed by atoms with van der Waals surface area (Å²) in [5.74, 6) is -0.781. The normalized spacial score (nSPS) is 11.0. The predicted octanol–water partition coefficient (Wildman–Crippen LogP) is 4.12. The lowest BCUT2D eigenvalue weighted by atomic mass is 10.1. The average molecular weight is 318 g/mol. The zero-order valence-corrected chi connectivity index (χ0v) is 14.3. The van der Waals surface area contributed by atoms with E-state index in [0.717, 1.165) is 16.4 Å². The quantitative estimate of drug-likeness (QED) is 0.870. The highest BCUT2D eigenvalue weighted by atomic mass is 32.1. The Labute approximate surface area is 135 Å². The van der Waals surface area contributed by atoms with Gasteiger partial charge in [-0.2, -0.15) is 0 Å². The van der Waals surface area contributed by atoms with Gasteiger partial charge in [0.2, 0.25) is 0 Å². The fourth-order valence-corrected chi connectivity index (χ4v) is 3.21. The second kappa shape index (κ2) is 6.92. The minimum atomic E-state index is -0.781. The van der Waals surface area contributed by atoms with Crippen molar-refractivity contribution in [3.63, 3.8) is 0 Å². The number of carbonyl (C=O) groups is 1. The molecule has 2 aromatic rings. The molecule has 1 aromatic carbocycles. The first-order valence-corrected chi connectivity index (χ1v) is 8.28. The van der Waals surface area contributed by atoms with Crippen molar-refractivity contribution < 1.29 is 9.90 Å². The van der Waals surface area contributed by atoms with E-state index in [0.29, 0.717) is 6.54 Å². The van der Waals surface area contributed by atoms with Crippen LogP contribution in [0.15, 0.2) is 23.6 Å². The van der Waals surface area contributed by atoms with Gasteiger partial charge in [0.05, 0.1) is 12.1 Å². The lowest BCUT2D eigenvalue weighted by Crippen LogP contribution is -2.32. The van der Waals surface area contributed by atoms with Crippen molar-refractivity contribution in [1.29, 1.82) is 0 Å². The number of carboxylic acids is 1. The molecule has 118 valence electrons. The van der Waals surface area contributed by atoms with Crippen LogP contribution in [-0.2, 0) is 4.79 Å². The first-order valence-electron chi connectivity index (χ1n) is 7.40. The fraction of sp³-hybridized carbons (Fsp3) is 0.412. The van der Waals surface area contributed by atoms with Crippen LogP contribution in [0, 0.1) is 13.8 Å². The molecule has 1 heterocycles. The summed E-state index contributed by atoms with van der Waals surface area (Å²) in [7, 11) is 0. The Morgan fingerprint density at radius 3 is 2.64 bits per heavy atom. The number of aryl methyl sites for hydroxylation is 2. The Morgan fingerprint density at radius 2 is 2.05 bits per heavy atom. The van der Waals surface area contributed by atoms with Gasteiger partial charge in [0.15, 0.2) is 5.13 Å². The van der Waals surface area contributed by atoms with Crippen molar-refractivity contribution in [2.24, 2.45) is 0 Å². The zero-order chi connectivity index (χ0) is 16.3. The van der Waals surface area contributed by atoms with Crippen LogP contribution in [0.4, 0.5) is 5.13 Å². The van der Waals surface area contributed by atoms with Crippen LogP contribution in [0.5, 0.6) is 0 Å². The number of rotatable bonds is 6. The Hall–Kier alpha value is -1.88. The van der Waals surface area contributed by atoms with Crippen LogP contribution in [0.3, 0.4) is 0 Å². The van der Waals surface area contributed by atoms with E-state index in [-0.39, 0.29) is 12.5 Å². The van der Waals surface area contributed by atoms with Crippen LogP contribution >= 0.6 is 11.3 Å². The maximum atomic E-state index is 10.8. The van der Waals surface area contributed by atoms with E-state index >= 15 is 0 Å². The molecule has 1 aromatic heterocycles. The van der Waals surface area contributed by atoms with E-state index in [1.165, 1.54) is 11.1 Å². The summed E-state index contributed by atoms with van der Waals surface area (Å²) in [5, 5.41) is 11.8. The number of hydrogen-bond acceptors (Lipinski definition) is 4. The van der Waals surface area contributed by atoms with E-state index in [1.54, 1.807) is 11.3 Å². The Balaban J connectivity index is 2.24. The maximum absolute atomic E-state index is 10.8. The van der Waals surface area contributed by atoms with Crippen LogP contribution in [0.25, 0.3) is 11.3 Å². The van der Waals surface area contributed by atoms with Gasteiger partial charge >= 0.3 is 5.97 Å². The SMILES string of the molecule is Cc1ccc(-c2csc(N(CCC(=O)O)C(C)C)n2)cc1C. The standard InChI is InChI=1S/C17H22N2O2S/c1-11(2)19(8-7-16(20)21)17-18-15(10-22-17)14-6-5-12(3)13(4)9-14/h5-6,9-11H,7-8H2,1-4H3,(H,20,21). The minimum absolute atomic E-state index is 0.122. The molecule has 0 fully saturated rings. The van der Waals surface area contributed by atoms with Crippen LogP contribution in [0.1, 0.15) is 31.4 Å². The van der Waals surface area contributed by atoms with E-state index in [9.17, 15) is 4.79 Å². The molecule has 2 rings (SSSR count). The minimum Gasteiger partial charge on any atom is -0.481 e. The van der Waals surface area contributed by atoms with Crippen LogP contribution in [0.2, 0.25) is 0 Å². The zero-order valence-electron chi connectivity index (χ0n) is 13.5. The molecule has 0 atom stereocenters. The summed E-state index contributed by atoms with van der Waals surface area (Å²) in [5.41, 5.74) is 4.57. The number of thiazole rings is 1. The van der Waals surface area contributed by atoms with E-state index in [1.807, 2.05) is 10.3 Å². The van der Waals surface area contributed by atoms with Gasteiger partial charge in [-0.05, 0) is 44.9 Å². The summed E-state index contributed by atoms with van der Waals surface area (Å²) < 4.78 is 0. The third kappa shape index (κ3) is 3.85. The van der Waals surface area contributed by atoms with Crippen LogP contribution < -0.4 is 4.90 Å². The first-order chi connectivity index (χ1) is 10.4. The third-order valence-corrected chi connectivity index (χ3v) is 4.61. The van der Waals surface area contributed by atoms with Crippen molar-refractivity contribution in [3.05, 3.63) is 34.7 Å². The van der Waals surface area contributed by atoms with E-state index in [2.05, 4.69) is 45.9 Å². The summed E-state index contributed by atoms with van der Waals surface area (Å²) in [4.78, 5) is 17.6. The van der Waals surface area contributed by atoms with Crippen molar-refractivity contribution in [3.8, 4) is 11.3 Å². The second-order valence-corrected chi connectivity index (χ2v) is 6.58. The molecule has 0 bridgehead atoms. The molecule has 0 unspecified atom stereocenters. The van der Waals surface area contributed by atoms with Gasteiger partial charge in [0.25, 0.3) is 0 Å². The van der Waals surface area contributed by atoms with Crippen LogP contribution in [-0.4, -0.2) is 28.6 Å². The van der Waals surface area contributed by atoms with E-state index in [4.69, 9.17) is 10.1 Å². The first kappa shape index (κ1) is 16.5. The maximum Gasteiger partial charge on any atom is 0.305 e. The predicted molar refractivity (Wildman–Crippen MR) is 91.8 cm³/mol. The monoisotopic (exact) mass is 318 g/mol. The van der Waals surface area contributed by atoms with Gasteiger partial charge in [-0.3, -0.25) is 4.79 Å². The summed E-state index contributed by atoms with van der Waals surface area (Å²) >= 11 is 1.56. The van der Waals surface area contributed by atoms with Gasteiger partial charge in [-0.15, -0.1) is 11.3 Å². The third-order valence-electron chi connectivity index (χ3n) is 3.73. The van der Waals surface area contributed by atoms with Gasteiger partial charge in [0, 0.05) is 23.5 Å². The molecule has 0 aliphatic heterocycles. The molecule has 0 saturated carbocycles. The Bertz CT molecular complexity index is 664. The van der Waals surface area contributed by atoms with Gasteiger partial charge < -0.3 is 10.0 Å². The van der Waals surface area contributed by atoms with E-state index < -0.39 is 5.97 Å². The number of carboxylic acid groups (broad SMARTS) is 1. The number of aliphatic carboxylic acids is 1. The van der Waals surface area contributed by atoms with Gasteiger partial charge in [-0.25, -0.2) is 4.98 Å². The molecule has 4 nitrogen and oxygen atoms in total. The van der Waals surface area contributed by atoms with Gasteiger partial charge in [0.1, 0.15) is 0 Å². The van der Waals surface area contributed by atoms with Crippen molar-refractivity contribution >= 4 is 22.4 Å². The number of benzene rings is 1. The lowest BCUT2D eigenvalue weighted by molar-refractivity contribution is -0.136. The number of anilines is 1. The molecule has 5 heteroatoms. The van der Waals surface area contributed by atoms with Crippen molar-refractivity contribution in [2.45, 2.75) is 40.2 Å². The highest BCUT2D eigenvalue weighted by Gasteiger charge is 2.16.